The molecule has 0 amide bonds. The zero-order valence-electron chi connectivity index (χ0n) is 9.24. The fourth-order valence-electron chi connectivity index (χ4n) is 1.50. The molecule has 0 aromatic heterocycles. The smallest absolute Gasteiger partial charge is 0.124 e. The van der Waals surface area contributed by atoms with Crippen molar-refractivity contribution in [3.8, 4) is 6.07 Å². The maximum absolute atomic E-state index is 13.0. The van der Waals surface area contributed by atoms with Crippen LogP contribution < -0.4 is 11.1 Å². The van der Waals surface area contributed by atoms with Crippen molar-refractivity contribution < 1.29 is 4.39 Å². The van der Waals surface area contributed by atoms with Gasteiger partial charge >= 0.3 is 0 Å². The van der Waals surface area contributed by atoms with Crippen LogP contribution in [0.25, 0.3) is 0 Å². The number of hydrogen-bond donors (Lipinski definition) is 2. The lowest BCUT2D eigenvalue weighted by molar-refractivity contribution is 0.627. The molecule has 90 valence electrons. The Labute approximate surface area is 112 Å². The Morgan fingerprint density at radius 3 is 2.67 bits per heavy atom. The average molecular weight is 306 g/mol. The largest absolute Gasteiger partial charge is 0.397 e. The van der Waals surface area contributed by atoms with E-state index in [0.29, 0.717) is 17.1 Å². The summed E-state index contributed by atoms with van der Waals surface area (Å²) < 4.78 is 13.9. The third kappa shape index (κ3) is 2.60. The van der Waals surface area contributed by atoms with Gasteiger partial charge in [0.05, 0.1) is 22.6 Å². The van der Waals surface area contributed by atoms with Crippen molar-refractivity contribution in [3.05, 3.63) is 52.3 Å². The summed E-state index contributed by atoms with van der Waals surface area (Å²) in [6.45, 7) is 0. The minimum Gasteiger partial charge on any atom is -0.397 e. The molecule has 0 saturated carbocycles. The van der Waals surface area contributed by atoms with Crippen molar-refractivity contribution in [1.82, 2.24) is 0 Å². The predicted molar refractivity (Wildman–Crippen MR) is 73.0 cm³/mol. The van der Waals surface area contributed by atoms with Crippen molar-refractivity contribution in [2.24, 2.45) is 0 Å². The topological polar surface area (TPSA) is 61.8 Å². The van der Waals surface area contributed by atoms with Crippen molar-refractivity contribution in [2.45, 2.75) is 0 Å². The molecule has 0 saturated heterocycles. The third-order valence-corrected chi connectivity index (χ3v) is 2.88. The summed E-state index contributed by atoms with van der Waals surface area (Å²) in [5.41, 5.74) is 7.77. The SMILES string of the molecule is N#Cc1cc(F)ccc1Nc1cc(Br)ccc1N. The van der Waals surface area contributed by atoms with E-state index in [1.165, 1.54) is 18.2 Å². The molecule has 5 heteroatoms. The maximum atomic E-state index is 13.0. The predicted octanol–water partition coefficient (Wildman–Crippen LogP) is 3.79. The third-order valence-electron chi connectivity index (χ3n) is 2.39. The fraction of sp³-hybridized carbons (Fsp3) is 0. The molecule has 0 spiro atoms. The van der Waals surface area contributed by atoms with Crippen LogP contribution >= 0.6 is 15.9 Å². The number of halogens is 2. The Morgan fingerprint density at radius 1 is 1.17 bits per heavy atom. The minimum absolute atomic E-state index is 0.231. The summed E-state index contributed by atoms with van der Waals surface area (Å²) in [5, 5.41) is 12.0. The number of rotatable bonds is 2. The molecule has 0 fully saturated rings. The summed E-state index contributed by atoms with van der Waals surface area (Å²) in [7, 11) is 0. The molecule has 0 heterocycles. The van der Waals surface area contributed by atoms with Crippen LogP contribution in [0.1, 0.15) is 5.56 Å². The molecule has 2 aromatic carbocycles. The van der Waals surface area contributed by atoms with E-state index in [2.05, 4.69) is 21.2 Å². The molecule has 0 unspecified atom stereocenters. The van der Waals surface area contributed by atoms with Crippen molar-refractivity contribution in [2.75, 3.05) is 11.1 Å². The monoisotopic (exact) mass is 305 g/mol. The van der Waals surface area contributed by atoms with Crippen LogP contribution in [-0.4, -0.2) is 0 Å². The lowest BCUT2D eigenvalue weighted by Crippen LogP contribution is -1.98. The van der Waals surface area contributed by atoms with E-state index in [9.17, 15) is 4.39 Å². The van der Waals surface area contributed by atoms with E-state index in [1.807, 2.05) is 12.1 Å². The van der Waals surface area contributed by atoms with Crippen molar-refractivity contribution in [1.29, 1.82) is 5.26 Å². The first-order chi connectivity index (χ1) is 8.60. The Kier molecular flexibility index (Phi) is 3.49. The highest BCUT2D eigenvalue weighted by Crippen LogP contribution is 2.28. The average Bonchev–Trinajstić information content (AvgIpc) is 2.36. The number of nitrogens with one attached hydrogen (secondary N) is 1. The normalized spacial score (nSPS) is 9.83. The van der Waals surface area contributed by atoms with Gasteiger partial charge in [0.15, 0.2) is 0 Å². The fourth-order valence-corrected chi connectivity index (χ4v) is 1.86. The van der Waals surface area contributed by atoms with Gasteiger partial charge in [-0.25, -0.2) is 4.39 Å². The van der Waals surface area contributed by atoms with Crippen LogP contribution in [0.4, 0.5) is 21.5 Å². The molecule has 18 heavy (non-hydrogen) atoms. The van der Waals surface area contributed by atoms with Crippen LogP contribution in [0.2, 0.25) is 0 Å². The number of nitrogens with zero attached hydrogens (tertiary/aromatic N) is 1. The number of hydrogen-bond acceptors (Lipinski definition) is 3. The second kappa shape index (κ2) is 5.07. The van der Waals surface area contributed by atoms with Crippen LogP contribution in [0, 0.1) is 17.1 Å². The van der Waals surface area contributed by atoms with Crippen LogP contribution in [0.5, 0.6) is 0 Å². The summed E-state index contributed by atoms with van der Waals surface area (Å²) in [5.74, 6) is -0.445. The van der Waals surface area contributed by atoms with Gasteiger partial charge < -0.3 is 11.1 Å². The van der Waals surface area contributed by atoms with Gasteiger partial charge in [0.1, 0.15) is 11.9 Å². The zero-order valence-corrected chi connectivity index (χ0v) is 10.8. The molecule has 3 N–H and O–H groups in total. The molecule has 0 aliphatic carbocycles. The van der Waals surface area contributed by atoms with Crippen molar-refractivity contribution in [3.63, 3.8) is 0 Å². The van der Waals surface area contributed by atoms with Gasteiger partial charge in [0.25, 0.3) is 0 Å². The standard InChI is InChI=1S/C13H9BrFN3/c14-9-1-3-11(17)13(6-9)18-12-4-2-10(15)5-8(12)7-16/h1-6,18H,17H2. The Hall–Kier alpha value is -2.06. The van der Waals surface area contributed by atoms with Gasteiger partial charge in [-0.05, 0) is 36.4 Å². The minimum atomic E-state index is -0.445. The number of anilines is 3. The first-order valence-corrected chi connectivity index (χ1v) is 5.91. The lowest BCUT2D eigenvalue weighted by Gasteiger charge is -2.11. The van der Waals surface area contributed by atoms with E-state index in [-0.39, 0.29) is 5.56 Å². The van der Waals surface area contributed by atoms with E-state index in [4.69, 9.17) is 11.0 Å². The van der Waals surface area contributed by atoms with Gasteiger partial charge in [0.2, 0.25) is 0 Å². The highest BCUT2D eigenvalue weighted by Gasteiger charge is 2.06. The molecular weight excluding hydrogens is 297 g/mol. The van der Waals surface area contributed by atoms with Gasteiger partial charge in [-0.2, -0.15) is 5.26 Å². The summed E-state index contributed by atoms with van der Waals surface area (Å²) >= 11 is 3.34. The van der Waals surface area contributed by atoms with Gasteiger partial charge in [-0.1, -0.05) is 15.9 Å². The summed E-state index contributed by atoms with van der Waals surface area (Å²) in [6, 6.07) is 11.3. The molecule has 0 bridgehead atoms. The molecule has 0 aliphatic rings. The Balaban J connectivity index is 2.40. The first kappa shape index (κ1) is 12.4. The number of benzene rings is 2. The van der Waals surface area contributed by atoms with E-state index >= 15 is 0 Å². The molecule has 3 nitrogen and oxygen atoms in total. The van der Waals surface area contributed by atoms with Gasteiger partial charge in [-0.15, -0.1) is 0 Å². The summed E-state index contributed by atoms with van der Waals surface area (Å²) in [4.78, 5) is 0. The summed E-state index contributed by atoms with van der Waals surface area (Å²) in [6.07, 6.45) is 0. The highest BCUT2D eigenvalue weighted by molar-refractivity contribution is 9.10. The first-order valence-electron chi connectivity index (χ1n) is 5.12. The molecular formula is C13H9BrFN3. The number of nitriles is 1. The maximum Gasteiger partial charge on any atom is 0.124 e. The molecule has 2 aromatic rings. The Bertz CT molecular complexity index is 635. The second-order valence-electron chi connectivity index (χ2n) is 3.66. The van der Waals surface area contributed by atoms with E-state index < -0.39 is 5.82 Å². The lowest BCUT2D eigenvalue weighted by atomic mass is 10.1. The highest BCUT2D eigenvalue weighted by atomic mass is 79.9. The van der Waals surface area contributed by atoms with Crippen LogP contribution in [0.15, 0.2) is 40.9 Å². The van der Waals surface area contributed by atoms with Crippen LogP contribution in [-0.2, 0) is 0 Å². The Morgan fingerprint density at radius 2 is 1.94 bits per heavy atom. The van der Waals surface area contributed by atoms with E-state index in [1.54, 1.807) is 12.1 Å². The van der Waals surface area contributed by atoms with Crippen molar-refractivity contribution >= 4 is 33.0 Å². The molecule has 0 aliphatic heterocycles. The van der Waals surface area contributed by atoms with Gasteiger partial charge in [0, 0.05) is 4.47 Å². The number of nitrogen functional groups attached to an aromatic ring is 1. The number of nitrogens with two attached hydrogens (primary N) is 1. The van der Waals surface area contributed by atoms with Gasteiger partial charge in [-0.3, -0.25) is 0 Å². The zero-order chi connectivity index (χ0) is 13.1. The van der Waals surface area contributed by atoms with Crippen LogP contribution in [0.3, 0.4) is 0 Å². The quantitative estimate of drug-likeness (QED) is 0.830. The van der Waals surface area contributed by atoms with E-state index in [0.717, 1.165) is 4.47 Å². The molecule has 2 rings (SSSR count). The molecule has 0 atom stereocenters. The second-order valence-corrected chi connectivity index (χ2v) is 4.57. The molecule has 0 radical (unpaired) electrons.